The molecule has 0 radical (unpaired) electrons. The Bertz CT molecular complexity index is 1350. The molecule has 0 aliphatic carbocycles. The highest BCUT2D eigenvalue weighted by Gasteiger charge is 2.36. The summed E-state index contributed by atoms with van der Waals surface area (Å²) in [6, 6.07) is 11.3. The molecule has 0 aliphatic rings. The average Bonchev–Trinajstić information content (AvgIpc) is 3.13. The number of hydrogen-bond acceptors (Lipinski definition) is 1. The van der Waals surface area contributed by atoms with E-state index in [2.05, 4.69) is 5.32 Å². The van der Waals surface area contributed by atoms with Gasteiger partial charge in [0.1, 0.15) is 11.0 Å². The minimum atomic E-state index is -4.65. The van der Waals surface area contributed by atoms with Gasteiger partial charge in [-0.25, -0.2) is 13.2 Å². The summed E-state index contributed by atoms with van der Waals surface area (Å²) in [6.45, 7) is 0. The van der Waals surface area contributed by atoms with Crippen LogP contribution in [0.1, 0.15) is 15.9 Å². The van der Waals surface area contributed by atoms with Crippen molar-refractivity contribution in [2.24, 2.45) is 0 Å². The molecule has 0 bridgehead atoms. The van der Waals surface area contributed by atoms with Gasteiger partial charge in [0.25, 0.3) is 5.91 Å². The maximum atomic E-state index is 13.8. The number of nitrogens with zero attached hydrogens (tertiary/aromatic N) is 1. The third-order valence-corrected chi connectivity index (χ3v) is 5.01. The summed E-state index contributed by atoms with van der Waals surface area (Å²) in [4.78, 5) is 12.2. The van der Waals surface area contributed by atoms with Crippen LogP contribution in [0.4, 0.5) is 32.0 Å². The maximum absolute atomic E-state index is 13.8. The Labute approximate surface area is 181 Å². The Morgan fingerprint density at radius 1 is 0.875 bits per heavy atom. The van der Waals surface area contributed by atoms with E-state index in [0.29, 0.717) is 6.07 Å². The second-order valence-electron chi connectivity index (χ2n) is 6.79. The quantitative estimate of drug-likeness (QED) is 0.197. The van der Waals surface area contributed by atoms with Crippen LogP contribution in [0.15, 0.2) is 60.7 Å². The first kappa shape index (κ1) is 21.8. The number of amides is 1. The van der Waals surface area contributed by atoms with Crippen molar-refractivity contribution in [3.63, 3.8) is 0 Å². The van der Waals surface area contributed by atoms with Crippen LogP contribution in [0.2, 0.25) is 5.15 Å². The first-order valence-corrected chi connectivity index (χ1v) is 9.37. The van der Waals surface area contributed by atoms with Gasteiger partial charge in [-0.1, -0.05) is 29.8 Å². The number of hydrogen-bond donors (Lipinski definition) is 1. The van der Waals surface area contributed by atoms with Crippen molar-refractivity contribution in [3.05, 3.63) is 94.4 Å². The van der Waals surface area contributed by atoms with Crippen LogP contribution in [0.5, 0.6) is 0 Å². The van der Waals surface area contributed by atoms with Crippen molar-refractivity contribution in [1.82, 2.24) is 4.40 Å². The lowest BCUT2D eigenvalue weighted by Crippen LogP contribution is -2.14. The molecule has 1 amide bonds. The van der Waals surface area contributed by atoms with Gasteiger partial charge in [-0.2, -0.15) is 13.2 Å². The molecule has 2 aromatic carbocycles. The van der Waals surface area contributed by atoms with Gasteiger partial charge in [-0.05, 0) is 42.0 Å². The smallest absolute Gasteiger partial charge is 0.322 e. The summed E-state index contributed by atoms with van der Waals surface area (Å²) < 4.78 is 82.3. The van der Waals surface area contributed by atoms with Gasteiger partial charge in [0.15, 0.2) is 11.6 Å². The Kier molecular flexibility index (Phi) is 5.37. The lowest BCUT2D eigenvalue weighted by atomic mass is 10.1. The van der Waals surface area contributed by atoms with Crippen LogP contribution in [-0.4, -0.2) is 10.3 Å². The predicted octanol–water partition coefficient (Wildman–Crippen LogP) is 6.95. The first-order valence-electron chi connectivity index (χ1n) is 9.00. The van der Waals surface area contributed by atoms with Crippen molar-refractivity contribution in [3.8, 4) is 11.3 Å². The minimum absolute atomic E-state index is 0.0687. The second kappa shape index (κ2) is 7.90. The molecule has 0 atom stereocenters. The summed E-state index contributed by atoms with van der Waals surface area (Å²) in [5.74, 6) is -5.16. The summed E-state index contributed by atoms with van der Waals surface area (Å²) >= 11 is 6.13. The fourth-order valence-electron chi connectivity index (χ4n) is 3.29. The molecule has 0 unspecified atom stereocenters. The molecule has 3 nitrogen and oxygen atoms in total. The van der Waals surface area contributed by atoms with E-state index in [-0.39, 0.29) is 33.7 Å². The molecule has 4 rings (SSSR count). The van der Waals surface area contributed by atoms with E-state index in [4.69, 9.17) is 11.6 Å². The van der Waals surface area contributed by atoms with Gasteiger partial charge in [0, 0.05) is 17.3 Å². The monoisotopic (exact) mass is 468 g/mol. The Morgan fingerprint density at radius 2 is 1.53 bits per heavy atom. The molecule has 32 heavy (non-hydrogen) atoms. The van der Waals surface area contributed by atoms with E-state index < -0.39 is 40.7 Å². The number of fused-ring (bicyclic) bond motifs is 1. The van der Waals surface area contributed by atoms with Crippen LogP contribution in [0, 0.1) is 17.5 Å². The number of aromatic nitrogens is 1. The SMILES string of the molecule is O=C(Nc1ccc(-c2c(C(F)(F)F)cc3cccc(Cl)n23)cc1)c1cc(F)c(F)cc1F. The van der Waals surface area contributed by atoms with Crippen LogP contribution in [0.3, 0.4) is 0 Å². The van der Waals surface area contributed by atoms with Crippen LogP contribution in [-0.2, 0) is 6.18 Å². The number of pyridine rings is 1. The Hall–Kier alpha value is -3.46. The highest BCUT2D eigenvalue weighted by Crippen LogP contribution is 2.40. The van der Waals surface area contributed by atoms with E-state index >= 15 is 0 Å². The van der Waals surface area contributed by atoms with E-state index in [1.165, 1.54) is 46.9 Å². The van der Waals surface area contributed by atoms with Crippen LogP contribution >= 0.6 is 11.6 Å². The normalized spacial score (nSPS) is 11.7. The molecule has 0 aliphatic heterocycles. The van der Waals surface area contributed by atoms with Crippen molar-refractivity contribution in [1.29, 1.82) is 0 Å². The first-order chi connectivity index (χ1) is 15.1. The molecular formula is C22H11ClF6N2O. The number of benzene rings is 2. The maximum Gasteiger partial charge on any atom is 0.418 e. The summed E-state index contributed by atoms with van der Waals surface area (Å²) in [5, 5.41) is 2.36. The number of carbonyl (C=O) groups is 1. The van der Waals surface area contributed by atoms with Crippen molar-refractivity contribution >= 4 is 28.7 Å². The van der Waals surface area contributed by atoms with Crippen molar-refractivity contribution < 1.29 is 31.1 Å². The largest absolute Gasteiger partial charge is 0.418 e. The van der Waals surface area contributed by atoms with Gasteiger partial charge in [-0.15, -0.1) is 0 Å². The van der Waals surface area contributed by atoms with Crippen LogP contribution < -0.4 is 5.32 Å². The number of rotatable bonds is 3. The zero-order valence-electron chi connectivity index (χ0n) is 15.8. The van der Waals surface area contributed by atoms with Crippen LogP contribution in [0.25, 0.3) is 16.8 Å². The van der Waals surface area contributed by atoms with Gasteiger partial charge in [-0.3, -0.25) is 9.20 Å². The molecule has 0 spiro atoms. The zero-order chi connectivity index (χ0) is 23.2. The lowest BCUT2D eigenvalue weighted by molar-refractivity contribution is -0.137. The third kappa shape index (κ3) is 3.91. The number of halogens is 7. The fraction of sp³-hybridized carbons (Fsp3) is 0.0455. The van der Waals surface area contributed by atoms with E-state index in [9.17, 15) is 31.1 Å². The summed E-state index contributed by atoms with van der Waals surface area (Å²) in [5.41, 5.74) is -1.32. The van der Waals surface area contributed by atoms with E-state index in [1.54, 1.807) is 0 Å². The highest BCUT2D eigenvalue weighted by molar-refractivity contribution is 6.30. The molecule has 4 aromatic rings. The fourth-order valence-corrected chi connectivity index (χ4v) is 3.55. The van der Waals surface area contributed by atoms with E-state index in [0.717, 1.165) is 6.07 Å². The second-order valence-corrected chi connectivity index (χ2v) is 7.18. The number of nitrogens with one attached hydrogen (secondary N) is 1. The number of anilines is 1. The molecule has 0 saturated carbocycles. The van der Waals surface area contributed by atoms with E-state index in [1.807, 2.05) is 0 Å². The van der Waals surface area contributed by atoms with Crippen molar-refractivity contribution in [2.45, 2.75) is 6.18 Å². The Balaban J connectivity index is 1.70. The Morgan fingerprint density at radius 3 is 2.19 bits per heavy atom. The predicted molar refractivity (Wildman–Crippen MR) is 107 cm³/mol. The van der Waals surface area contributed by atoms with Gasteiger partial charge >= 0.3 is 6.18 Å². The molecule has 10 heteroatoms. The molecule has 0 saturated heterocycles. The average molecular weight is 469 g/mol. The minimum Gasteiger partial charge on any atom is -0.322 e. The third-order valence-electron chi connectivity index (χ3n) is 4.72. The topological polar surface area (TPSA) is 33.5 Å². The molecule has 2 aromatic heterocycles. The summed E-state index contributed by atoms with van der Waals surface area (Å²) in [7, 11) is 0. The molecule has 1 N–H and O–H groups in total. The van der Waals surface area contributed by atoms with Gasteiger partial charge in [0.2, 0.25) is 0 Å². The number of carbonyl (C=O) groups excluding carboxylic acids is 1. The molecule has 164 valence electrons. The number of alkyl halides is 3. The summed E-state index contributed by atoms with van der Waals surface area (Å²) in [6.07, 6.45) is -4.65. The van der Waals surface area contributed by atoms with Gasteiger partial charge in [0.05, 0.1) is 16.8 Å². The zero-order valence-corrected chi connectivity index (χ0v) is 16.5. The molecule has 2 heterocycles. The van der Waals surface area contributed by atoms with Crippen molar-refractivity contribution in [2.75, 3.05) is 5.32 Å². The lowest BCUT2D eigenvalue weighted by Gasteiger charge is -2.12. The molecular weight excluding hydrogens is 458 g/mol. The molecule has 0 fully saturated rings. The highest BCUT2D eigenvalue weighted by atomic mass is 35.5. The standard InChI is InChI=1S/C22H11ClF6N2O/c23-19-3-1-2-13-8-15(22(27,28)29)20(31(13)19)11-4-6-12(7-5-11)30-21(32)14-9-17(25)18(26)10-16(14)24/h1-10H,(H,30,32). The van der Waals surface area contributed by atoms with Gasteiger partial charge < -0.3 is 5.32 Å².